The van der Waals surface area contributed by atoms with Gasteiger partial charge in [-0.1, -0.05) is 30.3 Å². The molecule has 5 rings (SSSR count). The molecule has 8 nitrogen and oxygen atoms in total. The first-order valence-corrected chi connectivity index (χ1v) is 9.24. The van der Waals surface area contributed by atoms with Gasteiger partial charge in [0.1, 0.15) is 11.5 Å². The number of hydrogen-bond donors (Lipinski definition) is 0. The van der Waals surface area contributed by atoms with E-state index in [-0.39, 0.29) is 11.9 Å². The fraction of sp³-hybridized carbons (Fsp3) is 0.250. The van der Waals surface area contributed by atoms with E-state index in [0.717, 1.165) is 18.1 Å². The molecule has 1 atom stereocenters. The second-order valence-corrected chi connectivity index (χ2v) is 7.05. The van der Waals surface area contributed by atoms with Gasteiger partial charge in [-0.2, -0.15) is 0 Å². The van der Waals surface area contributed by atoms with E-state index in [9.17, 15) is 4.79 Å². The predicted octanol–water partition coefficient (Wildman–Crippen LogP) is 2.13. The van der Waals surface area contributed by atoms with Crippen LogP contribution >= 0.6 is 0 Å². The molecule has 4 aromatic rings. The number of imidazole rings is 1. The van der Waals surface area contributed by atoms with Crippen molar-refractivity contribution < 1.29 is 4.79 Å². The van der Waals surface area contributed by atoms with E-state index in [4.69, 9.17) is 0 Å². The first kappa shape index (κ1) is 16.6. The molecule has 1 aliphatic rings. The third kappa shape index (κ3) is 2.83. The SMILES string of the molecule is C[C@H]1CN(C(=O)c2cn3cccnc3n2)Cc2nnc(Cc3ccccc3)n21. The Morgan fingerprint density at radius 2 is 2.04 bits per heavy atom. The molecule has 0 aliphatic carbocycles. The quantitative estimate of drug-likeness (QED) is 0.549. The molecule has 28 heavy (non-hydrogen) atoms. The van der Waals surface area contributed by atoms with Crippen molar-refractivity contribution in [2.75, 3.05) is 6.54 Å². The monoisotopic (exact) mass is 373 g/mol. The van der Waals surface area contributed by atoms with Crippen LogP contribution < -0.4 is 0 Å². The third-order valence-corrected chi connectivity index (χ3v) is 5.04. The number of rotatable bonds is 3. The molecular formula is C20H19N7O. The number of carbonyl (C=O) groups is 1. The summed E-state index contributed by atoms with van der Waals surface area (Å²) in [6.45, 7) is 3.10. The van der Waals surface area contributed by atoms with E-state index in [1.165, 1.54) is 5.56 Å². The molecular weight excluding hydrogens is 354 g/mol. The first-order chi connectivity index (χ1) is 13.7. The van der Waals surface area contributed by atoms with Gasteiger partial charge in [0.15, 0.2) is 5.82 Å². The summed E-state index contributed by atoms with van der Waals surface area (Å²) in [5.41, 5.74) is 1.59. The number of hydrogen-bond acceptors (Lipinski definition) is 5. The molecule has 140 valence electrons. The smallest absolute Gasteiger partial charge is 0.274 e. The summed E-state index contributed by atoms with van der Waals surface area (Å²) in [5, 5.41) is 8.74. The van der Waals surface area contributed by atoms with E-state index in [1.807, 2.05) is 30.5 Å². The van der Waals surface area contributed by atoms with E-state index in [0.29, 0.717) is 24.6 Å². The number of nitrogens with zero attached hydrogens (tertiary/aromatic N) is 7. The average Bonchev–Trinajstić information content (AvgIpc) is 3.32. The van der Waals surface area contributed by atoms with Crippen molar-refractivity contribution in [2.24, 2.45) is 0 Å². The molecule has 3 aromatic heterocycles. The average molecular weight is 373 g/mol. The standard InChI is InChI=1S/C20H19N7O/c1-14-11-26(19(28)16-12-25-9-5-8-21-20(25)22-16)13-18-24-23-17(27(14)18)10-15-6-3-2-4-7-15/h2-9,12,14H,10-11,13H2,1H3/t14-/m0/s1. The molecule has 0 N–H and O–H groups in total. The highest BCUT2D eigenvalue weighted by Gasteiger charge is 2.30. The molecule has 0 fully saturated rings. The van der Waals surface area contributed by atoms with Gasteiger partial charge in [0.2, 0.25) is 5.78 Å². The summed E-state index contributed by atoms with van der Waals surface area (Å²) in [6, 6.07) is 12.1. The highest BCUT2D eigenvalue weighted by molar-refractivity contribution is 5.92. The zero-order chi connectivity index (χ0) is 19.1. The van der Waals surface area contributed by atoms with Gasteiger partial charge in [0.05, 0.1) is 12.6 Å². The van der Waals surface area contributed by atoms with Gasteiger partial charge in [-0.25, -0.2) is 9.97 Å². The van der Waals surface area contributed by atoms with Crippen LogP contribution in [0.25, 0.3) is 5.78 Å². The van der Waals surface area contributed by atoms with Crippen molar-refractivity contribution in [1.82, 2.24) is 34.0 Å². The lowest BCUT2D eigenvalue weighted by Gasteiger charge is -2.32. The van der Waals surface area contributed by atoms with Crippen LogP contribution in [0.1, 0.15) is 40.7 Å². The molecule has 1 aliphatic heterocycles. The Morgan fingerprint density at radius 3 is 2.86 bits per heavy atom. The lowest BCUT2D eigenvalue weighted by Crippen LogP contribution is -2.41. The molecule has 0 saturated carbocycles. The molecule has 1 aromatic carbocycles. The van der Waals surface area contributed by atoms with Crippen molar-refractivity contribution in [1.29, 1.82) is 0 Å². The normalized spacial score (nSPS) is 16.3. The van der Waals surface area contributed by atoms with E-state index in [1.54, 1.807) is 21.7 Å². The Balaban J connectivity index is 1.40. The van der Waals surface area contributed by atoms with E-state index in [2.05, 4.69) is 43.8 Å². The lowest BCUT2D eigenvalue weighted by atomic mass is 10.1. The molecule has 4 heterocycles. The largest absolute Gasteiger partial charge is 0.328 e. The Kier molecular flexibility index (Phi) is 3.89. The van der Waals surface area contributed by atoms with Gasteiger partial charge in [0.25, 0.3) is 5.91 Å². The van der Waals surface area contributed by atoms with Gasteiger partial charge in [-0.05, 0) is 18.6 Å². The lowest BCUT2D eigenvalue weighted by molar-refractivity contribution is 0.0674. The van der Waals surface area contributed by atoms with Crippen LogP contribution in [0, 0.1) is 0 Å². The number of fused-ring (bicyclic) bond motifs is 2. The van der Waals surface area contributed by atoms with Gasteiger partial charge in [0, 0.05) is 31.6 Å². The molecule has 0 spiro atoms. The minimum Gasteiger partial charge on any atom is -0.328 e. The predicted molar refractivity (Wildman–Crippen MR) is 102 cm³/mol. The summed E-state index contributed by atoms with van der Waals surface area (Å²) in [7, 11) is 0. The van der Waals surface area contributed by atoms with Crippen LogP contribution in [0.2, 0.25) is 0 Å². The van der Waals surface area contributed by atoms with Gasteiger partial charge in [-0.3, -0.25) is 9.20 Å². The zero-order valence-electron chi connectivity index (χ0n) is 15.4. The van der Waals surface area contributed by atoms with Gasteiger partial charge in [-0.15, -0.1) is 10.2 Å². The molecule has 0 radical (unpaired) electrons. The zero-order valence-corrected chi connectivity index (χ0v) is 15.4. The Morgan fingerprint density at radius 1 is 1.18 bits per heavy atom. The second kappa shape index (κ2) is 6.56. The Labute approximate surface area is 161 Å². The minimum atomic E-state index is -0.115. The number of aromatic nitrogens is 6. The number of amides is 1. The van der Waals surface area contributed by atoms with Crippen molar-refractivity contribution in [2.45, 2.75) is 25.9 Å². The maximum Gasteiger partial charge on any atom is 0.274 e. The van der Waals surface area contributed by atoms with E-state index < -0.39 is 0 Å². The molecule has 0 saturated heterocycles. The molecule has 8 heteroatoms. The Bertz CT molecular complexity index is 1110. The highest BCUT2D eigenvalue weighted by atomic mass is 16.2. The minimum absolute atomic E-state index is 0.0940. The molecule has 0 unspecified atom stereocenters. The van der Waals surface area contributed by atoms with Crippen molar-refractivity contribution in [3.63, 3.8) is 0 Å². The van der Waals surface area contributed by atoms with Crippen molar-refractivity contribution in [3.8, 4) is 0 Å². The summed E-state index contributed by atoms with van der Waals surface area (Å²) < 4.78 is 3.91. The van der Waals surface area contributed by atoms with Crippen molar-refractivity contribution in [3.05, 3.63) is 77.9 Å². The fourth-order valence-electron chi connectivity index (χ4n) is 3.76. The van der Waals surface area contributed by atoms with Crippen LogP contribution in [-0.2, 0) is 13.0 Å². The highest BCUT2D eigenvalue weighted by Crippen LogP contribution is 2.24. The fourth-order valence-corrected chi connectivity index (χ4v) is 3.76. The van der Waals surface area contributed by atoms with Crippen LogP contribution in [0.5, 0.6) is 0 Å². The van der Waals surface area contributed by atoms with Crippen LogP contribution in [0.4, 0.5) is 0 Å². The van der Waals surface area contributed by atoms with E-state index >= 15 is 0 Å². The summed E-state index contributed by atoms with van der Waals surface area (Å²) in [6.07, 6.45) is 5.94. The first-order valence-electron chi connectivity index (χ1n) is 9.24. The van der Waals surface area contributed by atoms with Crippen LogP contribution in [-0.4, -0.2) is 46.5 Å². The van der Waals surface area contributed by atoms with Crippen molar-refractivity contribution >= 4 is 11.7 Å². The van der Waals surface area contributed by atoms with Crippen LogP contribution in [0.3, 0.4) is 0 Å². The second-order valence-electron chi connectivity index (χ2n) is 7.05. The number of benzene rings is 1. The number of carbonyl (C=O) groups excluding carboxylic acids is 1. The topological polar surface area (TPSA) is 81.2 Å². The van der Waals surface area contributed by atoms with Crippen LogP contribution in [0.15, 0.2) is 55.0 Å². The third-order valence-electron chi connectivity index (χ3n) is 5.04. The Hall–Kier alpha value is -3.55. The maximum atomic E-state index is 13.0. The summed E-state index contributed by atoms with van der Waals surface area (Å²) in [4.78, 5) is 23.3. The summed E-state index contributed by atoms with van der Waals surface area (Å²) >= 11 is 0. The molecule has 0 bridgehead atoms. The molecule has 1 amide bonds. The van der Waals surface area contributed by atoms with Gasteiger partial charge >= 0.3 is 0 Å². The van der Waals surface area contributed by atoms with Gasteiger partial charge < -0.3 is 9.47 Å². The maximum absolute atomic E-state index is 13.0. The summed E-state index contributed by atoms with van der Waals surface area (Å²) in [5.74, 6) is 2.14.